The van der Waals surface area contributed by atoms with Gasteiger partial charge in [-0.2, -0.15) is 0 Å². The number of benzene rings is 1. The van der Waals surface area contributed by atoms with Gasteiger partial charge in [-0.1, -0.05) is 6.07 Å². The van der Waals surface area contributed by atoms with E-state index in [9.17, 15) is 8.78 Å². The molecule has 2 rings (SSSR count). The summed E-state index contributed by atoms with van der Waals surface area (Å²) in [6.45, 7) is 2.40. The van der Waals surface area contributed by atoms with Gasteiger partial charge >= 0.3 is 0 Å². The molecule has 2 unspecified atom stereocenters. The summed E-state index contributed by atoms with van der Waals surface area (Å²) in [6.07, 6.45) is 1.60. The number of nitrogens with two attached hydrogens (primary N) is 1. The Morgan fingerprint density at radius 3 is 2.50 bits per heavy atom. The van der Waals surface area contributed by atoms with Crippen LogP contribution >= 0.6 is 0 Å². The van der Waals surface area contributed by atoms with Crippen LogP contribution in [0.25, 0.3) is 0 Å². The second-order valence-electron chi connectivity index (χ2n) is 4.38. The van der Waals surface area contributed by atoms with E-state index in [1.54, 1.807) is 6.92 Å². The van der Waals surface area contributed by atoms with E-state index in [1.165, 1.54) is 18.2 Å². The fourth-order valence-corrected chi connectivity index (χ4v) is 2.16. The fraction of sp³-hybridized carbons (Fsp3) is 0.500. The van der Waals surface area contributed by atoms with Crippen molar-refractivity contribution in [2.24, 2.45) is 5.73 Å². The Kier molecular flexibility index (Phi) is 2.95. The lowest BCUT2D eigenvalue weighted by Gasteiger charge is -2.31. The first-order valence-electron chi connectivity index (χ1n) is 5.38. The lowest BCUT2D eigenvalue weighted by atomic mass is 9.88. The van der Waals surface area contributed by atoms with Crippen molar-refractivity contribution in [3.63, 3.8) is 0 Å². The molecule has 0 bridgehead atoms. The summed E-state index contributed by atoms with van der Waals surface area (Å²) >= 11 is 0. The van der Waals surface area contributed by atoms with Crippen LogP contribution in [0, 0.1) is 11.6 Å². The molecule has 1 aromatic carbocycles. The number of hydrogen-bond donors (Lipinski definition) is 1. The molecule has 16 heavy (non-hydrogen) atoms. The third-order valence-electron chi connectivity index (χ3n) is 3.22. The van der Waals surface area contributed by atoms with Crippen molar-refractivity contribution in [2.45, 2.75) is 31.4 Å². The smallest absolute Gasteiger partial charge is 0.131 e. The first kappa shape index (κ1) is 11.5. The van der Waals surface area contributed by atoms with Gasteiger partial charge in [0.1, 0.15) is 11.6 Å². The summed E-state index contributed by atoms with van der Waals surface area (Å²) in [6, 6.07) is 3.00. The molecule has 2 atom stereocenters. The van der Waals surface area contributed by atoms with Gasteiger partial charge in [-0.15, -0.1) is 0 Å². The van der Waals surface area contributed by atoms with Crippen LogP contribution in [0.3, 0.4) is 0 Å². The molecule has 0 saturated carbocycles. The molecule has 2 N–H and O–H groups in total. The minimum atomic E-state index is -0.767. The van der Waals surface area contributed by atoms with Gasteiger partial charge in [-0.3, -0.25) is 0 Å². The number of hydrogen-bond acceptors (Lipinski definition) is 2. The molecule has 1 aliphatic rings. The molecule has 2 nitrogen and oxygen atoms in total. The van der Waals surface area contributed by atoms with Crippen LogP contribution in [0.5, 0.6) is 0 Å². The molecule has 1 aromatic rings. The summed E-state index contributed by atoms with van der Waals surface area (Å²) < 4.78 is 32.6. The second-order valence-corrected chi connectivity index (χ2v) is 4.38. The zero-order chi connectivity index (χ0) is 11.8. The molecule has 0 radical (unpaired) electrons. The van der Waals surface area contributed by atoms with Crippen LogP contribution in [0.1, 0.15) is 31.4 Å². The van der Waals surface area contributed by atoms with Gasteiger partial charge in [0.2, 0.25) is 0 Å². The van der Waals surface area contributed by atoms with Crippen LogP contribution in [-0.4, -0.2) is 12.2 Å². The topological polar surface area (TPSA) is 35.2 Å². The van der Waals surface area contributed by atoms with E-state index in [-0.39, 0.29) is 5.56 Å². The molecule has 1 saturated heterocycles. The van der Waals surface area contributed by atoms with Gasteiger partial charge in [-0.25, -0.2) is 8.78 Å². The molecule has 0 aliphatic carbocycles. The highest BCUT2D eigenvalue weighted by Gasteiger charge is 2.39. The Labute approximate surface area is 93.4 Å². The van der Waals surface area contributed by atoms with Gasteiger partial charge in [0.25, 0.3) is 0 Å². The third-order valence-corrected chi connectivity index (χ3v) is 3.22. The van der Waals surface area contributed by atoms with Crippen molar-refractivity contribution >= 4 is 0 Å². The Balaban J connectivity index is 2.36. The van der Waals surface area contributed by atoms with Crippen LogP contribution in [0.15, 0.2) is 18.2 Å². The van der Waals surface area contributed by atoms with Gasteiger partial charge in [0.05, 0.1) is 11.6 Å². The average molecular weight is 227 g/mol. The molecular formula is C12H15F2NO. The van der Waals surface area contributed by atoms with Crippen LogP contribution < -0.4 is 5.73 Å². The number of halogens is 2. The molecule has 88 valence electrons. The van der Waals surface area contributed by atoms with Crippen molar-refractivity contribution in [3.05, 3.63) is 35.4 Å². The monoisotopic (exact) mass is 227 g/mol. The van der Waals surface area contributed by atoms with Gasteiger partial charge in [0, 0.05) is 12.2 Å². The largest absolute Gasteiger partial charge is 0.373 e. The average Bonchev–Trinajstić information content (AvgIpc) is 2.66. The minimum absolute atomic E-state index is 0.0769. The van der Waals surface area contributed by atoms with Crippen molar-refractivity contribution in [1.29, 1.82) is 0 Å². The Morgan fingerprint density at radius 1 is 1.38 bits per heavy atom. The Morgan fingerprint density at radius 2 is 2.00 bits per heavy atom. The van der Waals surface area contributed by atoms with Crippen LogP contribution in [0.2, 0.25) is 0 Å². The van der Waals surface area contributed by atoms with Crippen LogP contribution in [-0.2, 0) is 4.74 Å². The fourth-order valence-electron chi connectivity index (χ4n) is 2.16. The second kappa shape index (κ2) is 4.11. The molecule has 1 heterocycles. The van der Waals surface area contributed by atoms with Crippen LogP contribution in [0.4, 0.5) is 8.78 Å². The van der Waals surface area contributed by atoms with Gasteiger partial charge < -0.3 is 10.5 Å². The number of rotatable bonds is 2. The highest BCUT2D eigenvalue weighted by Crippen LogP contribution is 2.37. The van der Waals surface area contributed by atoms with Crippen molar-refractivity contribution in [3.8, 4) is 0 Å². The van der Waals surface area contributed by atoms with Crippen molar-refractivity contribution < 1.29 is 13.5 Å². The quantitative estimate of drug-likeness (QED) is 0.842. The zero-order valence-electron chi connectivity index (χ0n) is 9.17. The number of ether oxygens (including phenoxy) is 1. The SMILES string of the molecule is CC1(C(N)c2c(F)cccc2F)CCCO1. The molecule has 0 spiro atoms. The van der Waals surface area contributed by atoms with E-state index in [0.717, 1.165) is 12.8 Å². The molecule has 1 aliphatic heterocycles. The maximum absolute atomic E-state index is 13.5. The highest BCUT2D eigenvalue weighted by atomic mass is 19.1. The first-order chi connectivity index (χ1) is 7.54. The van der Waals surface area contributed by atoms with Crippen molar-refractivity contribution in [1.82, 2.24) is 0 Å². The molecule has 1 fully saturated rings. The van der Waals surface area contributed by atoms with Gasteiger partial charge in [0.15, 0.2) is 0 Å². The summed E-state index contributed by atoms with van der Waals surface area (Å²) in [5.41, 5.74) is 5.19. The van der Waals surface area contributed by atoms with E-state index in [0.29, 0.717) is 6.61 Å². The summed E-state index contributed by atoms with van der Waals surface area (Å²) in [4.78, 5) is 0. The normalized spacial score (nSPS) is 27.0. The molecule has 0 amide bonds. The Hall–Kier alpha value is -1.00. The van der Waals surface area contributed by atoms with E-state index < -0.39 is 23.3 Å². The predicted octanol–water partition coefficient (Wildman–Crippen LogP) is 2.53. The molecular weight excluding hydrogens is 212 g/mol. The first-order valence-corrected chi connectivity index (χ1v) is 5.38. The molecule has 4 heteroatoms. The molecule has 0 aromatic heterocycles. The third kappa shape index (κ3) is 1.83. The summed E-state index contributed by atoms with van der Waals surface area (Å²) in [7, 11) is 0. The van der Waals surface area contributed by atoms with Crippen molar-refractivity contribution in [2.75, 3.05) is 6.61 Å². The lowest BCUT2D eigenvalue weighted by Crippen LogP contribution is -2.38. The standard InChI is InChI=1S/C12H15F2NO/c1-12(6-3-7-16-12)11(15)10-8(13)4-2-5-9(10)14/h2,4-5,11H,3,6-7,15H2,1H3. The maximum atomic E-state index is 13.5. The minimum Gasteiger partial charge on any atom is -0.373 e. The van der Waals surface area contributed by atoms with E-state index in [2.05, 4.69) is 0 Å². The summed E-state index contributed by atoms with van der Waals surface area (Å²) in [5, 5.41) is 0. The maximum Gasteiger partial charge on any atom is 0.131 e. The lowest BCUT2D eigenvalue weighted by molar-refractivity contribution is -0.00347. The zero-order valence-corrected chi connectivity index (χ0v) is 9.17. The van der Waals surface area contributed by atoms with E-state index in [1.807, 2.05) is 0 Å². The predicted molar refractivity (Wildman–Crippen MR) is 56.9 cm³/mol. The van der Waals surface area contributed by atoms with E-state index >= 15 is 0 Å². The van der Waals surface area contributed by atoms with E-state index in [4.69, 9.17) is 10.5 Å². The Bertz CT molecular complexity index is 368. The summed E-state index contributed by atoms with van der Waals surface area (Å²) in [5.74, 6) is -1.21. The highest BCUT2D eigenvalue weighted by molar-refractivity contribution is 5.25. The van der Waals surface area contributed by atoms with Gasteiger partial charge in [-0.05, 0) is 31.9 Å².